The summed E-state index contributed by atoms with van der Waals surface area (Å²) in [5.41, 5.74) is 1.85. The second-order valence-corrected chi connectivity index (χ2v) is 7.68. The monoisotopic (exact) mass is 441 g/mol. The summed E-state index contributed by atoms with van der Waals surface area (Å²) in [7, 11) is 0. The van der Waals surface area contributed by atoms with Gasteiger partial charge in [0.05, 0.1) is 32.0 Å². The molecular weight excluding hydrogens is 417 g/mol. The molecule has 1 atom stereocenters. The smallest absolute Gasteiger partial charge is 0.414 e. The highest BCUT2D eigenvalue weighted by Crippen LogP contribution is 2.34. The maximum atomic E-state index is 15.3. The van der Waals surface area contributed by atoms with E-state index in [0.717, 1.165) is 5.69 Å². The molecule has 2 aliphatic rings. The number of benzene rings is 1. The zero-order chi connectivity index (χ0) is 22.7. The van der Waals surface area contributed by atoms with Gasteiger partial charge in [0.2, 0.25) is 5.91 Å². The lowest BCUT2D eigenvalue weighted by molar-refractivity contribution is -0.119. The van der Waals surface area contributed by atoms with Gasteiger partial charge in [0.1, 0.15) is 11.9 Å². The van der Waals surface area contributed by atoms with Crippen LogP contribution < -0.4 is 20.5 Å². The van der Waals surface area contributed by atoms with Crippen LogP contribution in [0.3, 0.4) is 0 Å². The number of ether oxygens (including phenoxy) is 2. The molecule has 2 amide bonds. The van der Waals surface area contributed by atoms with Gasteiger partial charge >= 0.3 is 6.09 Å². The molecule has 9 heteroatoms. The molecule has 8 nitrogen and oxygen atoms in total. The number of halogens is 1. The number of amides is 2. The summed E-state index contributed by atoms with van der Waals surface area (Å²) in [5.74, 6) is -0.739. The third kappa shape index (κ3) is 4.72. The largest absolute Gasteiger partial charge is 0.442 e. The van der Waals surface area contributed by atoms with Crippen LogP contribution >= 0.6 is 0 Å². The fourth-order valence-electron chi connectivity index (χ4n) is 3.85. The van der Waals surface area contributed by atoms with E-state index < -0.39 is 18.0 Å². The van der Waals surface area contributed by atoms with E-state index in [1.165, 1.54) is 30.0 Å². The topological polar surface area (TPSA) is 88.2 Å². The van der Waals surface area contributed by atoms with Crippen LogP contribution in [-0.4, -0.2) is 57.5 Å². The van der Waals surface area contributed by atoms with Crippen LogP contribution in [0.2, 0.25) is 0 Å². The first kappa shape index (κ1) is 21.8. The lowest BCUT2D eigenvalue weighted by Gasteiger charge is -2.30. The lowest BCUT2D eigenvalue weighted by atomic mass is 10.0. The van der Waals surface area contributed by atoms with Crippen molar-refractivity contribution in [1.29, 1.82) is 0 Å². The molecule has 0 aliphatic carbocycles. The van der Waals surface area contributed by atoms with Crippen molar-refractivity contribution in [3.05, 3.63) is 58.5 Å². The molecular formula is C23H24FN3O5. The van der Waals surface area contributed by atoms with Crippen LogP contribution in [0.1, 0.15) is 6.92 Å². The van der Waals surface area contributed by atoms with E-state index in [4.69, 9.17) is 9.47 Å². The summed E-state index contributed by atoms with van der Waals surface area (Å²) in [5, 5.41) is 2.61. The van der Waals surface area contributed by atoms with Crippen molar-refractivity contribution >= 4 is 23.4 Å². The van der Waals surface area contributed by atoms with Gasteiger partial charge in [-0.2, -0.15) is 0 Å². The van der Waals surface area contributed by atoms with Gasteiger partial charge in [-0.3, -0.25) is 14.5 Å². The highest BCUT2D eigenvalue weighted by atomic mass is 19.1. The Morgan fingerprint density at radius 2 is 1.81 bits per heavy atom. The van der Waals surface area contributed by atoms with E-state index in [1.54, 1.807) is 24.3 Å². The Kier molecular flexibility index (Phi) is 6.36. The third-order valence-electron chi connectivity index (χ3n) is 5.45. The molecule has 168 valence electrons. The normalized spacial score (nSPS) is 18.4. The predicted octanol–water partition coefficient (Wildman–Crippen LogP) is 2.15. The van der Waals surface area contributed by atoms with Crippen molar-refractivity contribution in [2.24, 2.45) is 0 Å². The van der Waals surface area contributed by atoms with Crippen molar-refractivity contribution in [2.45, 2.75) is 13.0 Å². The molecule has 2 heterocycles. The number of nitrogens with one attached hydrogen (secondary N) is 1. The first-order valence-corrected chi connectivity index (χ1v) is 10.4. The minimum atomic E-state index is -0.594. The van der Waals surface area contributed by atoms with E-state index in [-0.39, 0.29) is 24.4 Å². The van der Waals surface area contributed by atoms with E-state index >= 15 is 4.39 Å². The molecule has 0 aromatic heterocycles. The number of rotatable bonds is 5. The number of nitrogens with zero attached hydrogens (tertiary/aromatic N) is 2. The van der Waals surface area contributed by atoms with E-state index in [0.29, 0.717) is 43.1 Å². The van der Waals surface area contributed by atoms with Crippen molar-refractivity contribution < 1.29 is 23.5 Å². The van der Waals surface area contributed by atoms with Gasteiger partial charge in [0.25, 0.3) is 0 Å². The fourth-order valence-corrected chi connectivity index (χ4v) is 3.85. The Morgan fingerprint density at radius 1 is 1.09 bits per heavy atom. The van der Waals surface area contributed by atoms with Gasteiger partial charge < -0.3 is 19.7 Å². The Balaban J connectivity index is 1.63. The molecule has 32 heavy (non-hydrogen) atoms. The van der Waals surface area contributed by atoms with Crippen molar-refractivity contribution in [3.63, 3.8) is 0 Å². The van der Waals surface area contributed by atoms with E-state index in [1.807, 2.05) is 0 Å². The van der Waals surface area contributed by atoms with Gasteiger partial charge in [-0.15, -0.1) is 0 Å². The van der Waals surface area contributed by atoms with Crippen molar-refractivity contribution in [3.8, 4) is 11.1 Å². The highest BCUT2D eigenvalue weighted by molar-refractivity contribution is 5.90. The standard InChI is InChI=1S/C23H24FN3O5/c1-15(28)25-13-18-14-27(23(30)32-18)16-2-5-19(21(24)12-16)20-6-3-17(29)4-7-22(20)26-8-10-31-11-9-26/h2-7,12,18H,8-11,13-14H2,1H3,(H,25,28)/t18-/m0/s1. The van der Waals surface area contributed by atoms with Gasteiger partial charge in [0.15, 0.2) is 5.43 Å². The molecule has 2 saturated heterocycles. The quantitative estimate of drug-likeness (QED) is 0.765. The molecule has 0 radical (unpaired) electrons. The molecule has 1 N–H and O–H groups in total. The fraction of sp³-hybridized carbons (Fsp3) is 0.348. The molecule has 2 aromatic carbocycles. The second kappa shape index (κ2) is 9.35. The number of hydrogen-bond donors (Lipinski definition) is 1. The van der Waals surface area contributed by atoms with Gasteiger partial charge in [-0.1, -0.05) is 0 Å². The Hall–Kier alpha value is -3.46. The minimum Gasteiger partial charge on any atom is -0.442 e. The first-order chi connectivity index (χ1) is 15.4. The summed E-state index contributed by atoms with van der Waals surface area (Å²) in [6, 6.07) is 10.7. The number of hydrogen-bond acceptors (Lipinski definition) is 6. The molecule has 0 saturated carbocycles. The van der Waals surface area contributed by atoms with Gasteiger partial charge in [-0.25, -0.2) is 9.18 Å². The van der Waals surface area contributed by atoms with Crippen LogP contribution in [0, 0.1) is 5.82 Å². The maximum Gasteiger partial charge on any atom is 0.414 e. The van der Waals surface area contributed by atoms with E-state index in [2.05, 4.69) is 10.2 Å². The maximum absolute atomic E-state index is 15.3. The summed E-state index contributed by atoms with van der Waals surface area (Å²) < 4.78 is 25.9. The van der Waals surface area contributed by atoms with Crippen molar-refractivity contribution in [1.82, 2.24) is 5.32 Å². The molecule has 0 bridgehead atoms. The molecule has 0 unspecified atom stereocenters. The zero-order valence-electron chi connectivity index (χ0n) is 17.7. The lowest BCUT2D eigenvalue weighted by Crippen LogP contribution is -2.36. The molecule has 4 rings (SSSR count). The molecule has 2 fully saturated rings. The molecule has 2 aromatic rings. The first-order valence-electron chi connectivity index (χ1n) is 10.4. The molecule has 2 aliphatic heterocycles. The Morgan fingerprint density at radius 3 is 2.53 bits per heavy atom. The van der Waals surface area contributed by atoms with Crippen molar-refractivity contribution in [2.75, 3.05) is 49.2 Å². The second-order valence-electron chi connectivity index (χ2n) is 7.68. The average molecular weight is 441 g/mol. The van der Waals surface area contributed by atoms with Crippen LogP contribution in [-0.2, 0) is 14.3 Å². The van der Waals surface area contributed by atoms with E-state index in [9.17, 15) is 14.4 Å². The minimum absolute atomic E-state index is 0.173. The van der Waals surface area contributed by atoms with Crippen LogP contribution in [0.25, 0.3) is 11.1 Å². The Labute approximate surface area is 184 Å². The summed E-state index contributed by atoms with van der Waals surface area (Å²) in [6.07, 6.45) is -1.10. The van der Waals surface area contributed by atoms with Crippen LogP contribution in [0.4, 0.5) is 20.6 Å². The van der Waals surface area contributed by atoms with Gasteiger partial charge in [-0.05, 0) is 42.5 Å². The Bertz CT molecular complexity index is 1090. The predicted molar refractivity (Wildman–Crippen MR) is 117 cm³/mol. The summed E-state index contributed by atoms with van der Waals surface area (Å²) >= 11 is 0. The summed E-state index contributed by atoms with van der Waals surface area (Å²) in [4.78, 5) is 38.7. The zero-order valence-corrected chi connectivity index (χ0v) is 17.7. The van der Waals surface area contributed by atoms with Crippen LogP contribution in [0.5, 0.6) is 0 Å². The third-order valence-corrected chi connectivity index (χ3v) is 5.45. The number of morpholine rings is 1. The summed E-state index contributed by atoms with van der Waals surface area (Å²) in [6.45, 7) is 4.17. The number of cyclic esters (lactones) is 1. The average Bonchev–Trinajstić information content (AvgIpc) is 3.04. The molecule has 0 spiro atoms. The van der Waals surface area contributed by atoms with Crippen LogP contribution in [0.15, 0.2) is 47.3 Å². The number of carbonyl (C=O) groups excluding carboxylic acids is 2. The number of anilines is 2. The highest BCUT2D eigenvalue weighted by Gasteiger charge is 2.33. The number of carbonyl (C=O) groups is 2. The van der Waals surface area contributed by atoms with Gasteiger partial charge in [0, 0.05) is 36.8 Å². The SMILES string of the molecule is CC(=O)NC[C@H]1CN(c2ccc(-c3ccc(=O)ccc3N3CCOCC3)c(F)c2)C(=O)O1.